The van der Waals surface area contributed by atoms with E-state index >= 15 is 0 Å². The van der Waals surface area contributed by atoms with E-state index in [-0.39, 0.29) is 58.0 Å². The third-order valence-electron chi connectivity index (χ3n) is 3.54. The first-order valence-electron chi connectivity index (χ1n) is 7.47. The van der Waals surface area contributed by atoms with Crippen LogP contribution in [0, 0.1) is 5.92 Å². The number of para-hydroxylation sites is 1. The van der Waals surface area contributed by atoms with Crippen LogP contribution in [0.4, 0.5) is 5.69 Å². The Hall–Kier alpha value is -0.664. The van der Waals surface area contributed by atoms with E-state index in [0.29, 0.717) is 23.7 Å². The van der Waals surface area contributed by atoms with E-state index in [2.05, 4.69) is 13.8 Å². The van der Waals surface area contributed by atoms with Crippen LogP contribution in [0.2, 0.25) is 0 Å². The predicted molar refractivity (Wildman–Crippen MR) is 81.2 cm³/mol. The molecule has 0 saturated heterocycles. The summed E-state index contributed by atoms with van der Waals surface area (Å²) in [5, 5.41) is 12.0. The maximum atomic E-state index is 12.6. The van der Waals surface area contributed by atoms with Gasteiger partial charge in [-0.05, 0) is 31.1 Å². The van der Waals surface area contributed by atoms with Gasteiger partial charge in [-0.2, -0.15) is 0 Å². The van der Waals surface area contributed by atoms with Gasteiger partial charge in [-0.25, -0.2) is 0 Å². The third kappa shape index (κ3) is 4.45. The van der Waals surface area contributed by atoms with Crippen LogP contribution in [-0.4, -0.2) is 24.8 Å². The molecule has 1 heterocycles. The van der Waals surface area contributed by atoms with Crippen LogP contribution >= 0.6 is 0 Å². The number of rotatable bonds is 5. The first-order chi connectivity index (χ1) is 10.5. The molecule has 1 aliphatic rings. The van der Waals surface area contributed by atoms with Gasteiger partial charge in [0.25, 0.3) is 5.91 Å². The van der Waals surface area contributed by atoms with Crippen molar-refractivity contribution in [2.24, 2.45) is 5.92 Å². The Morgan fingerprint density at radius 2 is 1.91 bits per heavy atom. The molecule has 0 atom stereocenters. The molecule has 0 saturated carbocycles. The number of fused-ring (bicyclic) bond motifs is 1. The second-order valence-electron chi connectivity index (χ2n) is 5.58. The van der Waals surface area contributed by atoms with Crippen LogP contribution in [0.3, 0.4) is 0 Å². The Morgan fingerprint density at radius 1 is 1.26 bits per heavy atom. The molecule has 0 spiro atoms. The van der Waals surface area contributed by atoms with Crippen LogP contribution in [0.1, 0.15) is 37.6 Å². The zero-order chi connectivity index (χ0) is 16.3. The predicted octanol–water partition coefficient (Wildman–Crippen LogP) is -1.13. The van der Waals surface area contributed by atoms with Crippen molar-refractivity contribution < 1.29 is 70.8 Å². The maximum absolute atomic E-state index is 12.6. The Morgan fingerprint density at radius 3 is 2.52 bits per heavy atom. The van der Waals surface area contributed by atoms with E-state index < -0.39 is 23.2 Å². The fraction of sp³-hybridized carbons (Fsp3) is 0.412. The number of nitrogens with zero attached hydrogens (tertiary/aromatic N) is 1. The molecule has 118 valence electrons. The summed E-state index contributed by atoms with van der Waals surface area (Å²) in [5.41, 5.74) is 0.532. The summed E-state index contributed by atoms with van der Waals surface area (Å²) in [6.07, 6.45) is 0.782. The molecule has 0 aromatic heterocycles. The van der Waals surface area contributed by atoms with Gasteiger partial charge in [0.1, 0.15) is 5.57 Å². The van der Waals surface area contributed by atoms with E-state index in [4.69, 9.17) is 4.74 Å². The molecule has 0 N–H and O–H groups in total. The Labute approximate surface area is 179 Å². The smallest absolute Gasteiger partial charge is 0.613 e. The quantitative estimate of drug-likeness (QED) is 0.294. The number of amides is 1. The largest absolute Gasteiger partial charge is 1.00 e. The van der Waals surface area contributed by atoms with Crippen molar-refractivity contribution >= 4 is 17.4 Å². The van der Waals surface area contributed by atoms with E-state index in [0.717, 1.165) is 6.42 Å². The van der Waals surface area contributed by atoms with Crippen molar-refractivity contribution in [1.29, 1.82) is 0 Å². The van der Waals surface area contributed by atoms with E-state index in [1.165, 1.54) is 4.90 Å². The second-order valence-corrected chi connectivity index (χ2v) is 5.58. The Bertz CT molecular complexity index is 625. The van der Waals surface area contributed by atoms with E-state index in [9.17, 15) is 14.7 Å². The normalized spacial score (nSPS) is 16.1. The van der Waals surface area contributed by atoms with Gasteiger partial charge in [0.15, 0.2) is 0 Å². The molecular weight excluding hydrogens is 321 g/mol. The van der Waals surface area contributed by atoms with Gasteiger partial charge in [-0.15, -0.1) is 0 Å². The number of hydrogen-bond donors (Lipinski definition) is 0. The van der Waals surface area contributed by atoms with Gasteiger partial charge < -0.3 is 14.7 Å². The molecular formula is C17H20KNO4. The minimum Gasteiger partial charge on any atom is -0.613 e. The molecule has 0 unspecified atom stereocenters. The number of anilines is 1. The molecule has 1 aromatic rings. The van der Waals surface area contributed by atoms with Crippen LogP contribution < -0.4 is 61.4 Å². The molecule has 2 rings (SSSR count). The number of hydrogen-bond acceptors (Lipinski definition) is 4. The average Bonchev–Trinajstić information content (AvgIpc) is 2.47. The van der Waals surface area contributed by atoms with E-state index in [1.807, 2.05) is 0 Å². The number of carbonyl (C=O) groups is 2. The number of Topliss-reactive ketones (excluding diaryl/α,β-unsaturated/α-hetero) is 1. The molecule has 1 amide bonds. The minimum atomic E-state index is -0.846. The molecule has 5 nitrogen and oxygen atoms in total. The standard InChI is InChI=1S/C17H21NO4.K/c1-4-22-17(21)14-15(19)12-7-5-6-8-13(12)18(16(14)20)10-9-11(2)3;/h5-8,11,21H,4,9-10H2,1-3H3;/q;+1/p-1/b17-14+;. The summed E-state index contributed by atoms with van der Waals surface area (Å²) in [4.78, 5) is 26.5. The van der Waals surface area contributed by atoms with Crippen molar-refractivity contribution in [3.8, 4) is 0 Å². The van der Waals surface area contributed by atoms with Gasteiger partial charge in [0.2, 0.25) is 5.78 Å². The first-order valence-corrected chi connectivity index (χ1v) is 7.47. The van der Waals surface area contributed by atoms with Crippen LogP contribution in [0.5, 0.6) is 0 Å². The molecule has 1 aromatic carbocycles. The van der Waals surface area contributed by atoms with Crippen molar-refractivity contribution in [3.05, 3.63) is 41.3 Å². The fourth-order valence-corrected chi connectivity index (χ4v) is 2.37. The van der Waals surface area contributed by atoms with Crippen LogP contribution in [0.15, 0.2) is 35.8 Å². The minimum absolute atomic E-state index is 0. The average molecular weight is 341 g/mol. The number of benzene rings is 1. The zero-order valence-corrected chi connectivity index (χ0v) is 17.2. The third-order valence-corrected chi connectivity index (χ3v) is 3.54. The summed E-state index contributed by atoms with van der Waals surface area (Å²) in [6, 6.07) is 6.85. The van der Waals surface area contributed by atoms with Gasteiger partial charge in [0, 0.05) is 12.1 Å². The van der Waals surface area contributed by atoms with Crippen LogP contribution in [-0.2, 0) is 9.53 Å². The summed E-state index contributed by atoms with van der Waals surface area (Å²) >= 11 is 0. The summed E-state index contributed by atoms with van der Waals surface area (Å²) in [5.74, 6) is -1.56. The van der Waals surface area contributed by atoms with Crippen LogP contribution in [0.25, 0.3) is 0 Å². The molecule has 0 radical (unpaired) electrons. The number of ketones is 1. The second kappa shape index (κ2) is 8.99. The summed E-state index contributed by atoms with van der Waals surface area (Å²) < 4.78 is 4.87. The van der Waals surface area contributed by atoms with Gasteiger partial charge in [-0.1, -0.05) is 32.9 Å². The molecule has 23 heavy (non-hydrogen) atoms. The zero-order valence-electron chi connectivity index (χ0n) is 14.1. The SMILES string of the molecule is CCO/C([O-])=C1\C(=O)c2ccccc2N(CCC(C)C)C1=O.[K+]. The molecule has 1 aliphatic heterocycles. The van der Waals surface area contributed by atoms with Crippen molar-refractivity contribution in [2.75, 3.05) is 18.1 Å². The van der Waals surface area contributed by atoms with Crippen molar-refractivity contribution in [3.63, 3.8) is 0 Å². The van der Waals surface area contributed by atoms with Crippen molar-refractivity contribution in [2.45, 2.75) is 27.2 Å². The van der Waals surface area contributed by atoms with Gasteiger partial charge in [0.05, 0.1) is 11.6 Å². The summed E-state index contributed by atoms with van der Waals surface area (Å²) in [7, 11) is 0. The van der Waals surface area contributed by atoms with Gasteiger partial charge >= 0.3 is 51.4 Å². The first kappa shape index (κ1) is 20.4. The van der Waals surface area contributed by atoms with Crippen molar-refractivity contribution in [1.82, 2.24) is 0 Å². The summed E-state index contributed by atoms with van der Waals surface area (Å²) in [6.45, 7) is 6.34. The molecule has 0 aliphatic carbocycles. The Balaban J connectivity index is 0.00000264. The van der Waals surface area contributed by atoms with E-state index in [1.54, 1.807) is 31.2 Å². The Kier molecular flexibility index (Phi) is 7.96. The number of carbonyl (C=O) groups excluding carboxylic acids is 2. The monoisotopic (exact) mass is 341 g/mol. The maximum Gasteiger partial charge on any atom is 1.00 e. The number of ether oxygens (including phenoxy) is 1. The topological polar surface area (TPSA) is 69.7 Å². The molecule has 0 bridgehead atoms. The fourth-order valence-electron chi connectivity index (χ4n) is 2.37. The molecule has 6 heteroatoms. The van der Waals surface area contributed by atoms with Gasteiger partial charge in [-0.3, -0.25) is 9.59 Å². The molecule has 0 fully saturated rings.